The van der Waals surface area contributed by atoms with Crippen molar-refractivity contribution in [3.8, 4) is 0 Å². The second-order valence-corrected chi connectivity index (χ2v) is 4.55. The summed E-state index contributed by atoms with van der Waals surface area (Å²) >= 11 is 0. The van der Waals surface area contributed by atoms with E-state index in [1.807, 2.05) is 0 Å². The van der Waals surface area contributed by atoms with Crippen molar-refractivity contribution in [2.75, 3.05) is 5.32 Å². The zero-order valence-corrected chi connectivity index (χ0v) is 9.78. The van der Waals surface area contributed by atoms with Crippen molar-refractivity contribution >= 4 is 17.6 Å². The summed E-state index contributed by atoms with van der Waals surface area (Å²) in [7, 11) is 0. The third kappa shape index (κ3) is 2.85. The Morgan fingerprint density at radius 1 is 1.39 bits per heavy atom. The molecule has 5 heteroatoms. The van der Waals surface area contributed by atoms with Crippen molar-refractivity contribution in [3.63, 3.8) is 0 Å². The standard InChI is InChI=1S/C13H14FNO3/c14-10-7-9(13(17)18)4-5-11(10)15-12(16)6-8-2-1-3-8/h4-5,7-8H,1-3,6H2,(H,15,16)(H,17,18). The van der Waals surface area contributed by atoms with Gasteiger partial charge in [0.15, 0.2) is 0 Å². The van der Waals surface area contributed by atoms with E-state index >= 15 is 0 Å². The van der Waals surface area contributed by atoms with Crippen LogP contribution in [0.2, 0.25) is 0 Å². The summed E-state index contributed by atoms with van der Waals surface area (Å²) in [6.45, 7) is 0. The van der Waals surface area contributed by atoms with Gasteiger partial charge in [-0.15, -0.1) is 0 Å². The Bertz CT molecular complexity index is 483. The van der Waals surface area contributed by atoms with E-state index in [0.717, 1.165) is 25.3 Å². The molecular weight excluding hydrogens is 237 g/mol. The Morgan fingerprint density at radius 3 is 2.61 bits per heavy atom. The second kappa shape index (κ2) is 5.16. The van der Waals surface area contributed by atoms with Gasteiger partial charge in [0.25, 0.3) is 0 Å². The molecule has 4 nitrogen and oxygen atoms in total. The average molecular weight is 251 g/mol. The van der Waals surface area contributed by atoms with Crippen LogP contribution in [-0.2, 0) is 4.79 Å². The highest BCUT2D eigenvalue weighted by Gasteiger charge is 2.21. The number of aromatic carboxylic acids is 1. The minimum atomic E-state index is -1.19. The van der Waals surface area contributed by atoms with Crippen LogP contribution in [0.5, 0.6) is 0 Å². The first kappa shape index (κ1) is 12.5. The molecule has 2 N–H and O–H groups in total. The number of carbonyl (C=O) groups excluding carboxylic acids is 1. The highest BCUT2D eigenvalue weighted by atomic mass is 19.1. The van der Waals surface area contributed by atoms with E-state index in [2.05, 4.69) is 5.32 Å². The van der Waals surface area contributed by atoms with Gasteiger partial charge in [-0.1, -0.05) is 6.42 Å². The summed E-state index contributed by atoms with van der Waals surface area (Å²) < 4.78 is 13.5. The number of carboxylic acid groups (broad SMARTS) is 1. The Kier molecular flexibility index (Phi) is 3.60. The number of hydrogen-bond donors (Lipinski definition) is 2. The van der Waals surface area contributed by atoms with Crippen molar-refractivity contribution in [1.29, 1.82) is 0 Å². The van der Waals surface area contributed by atoms with Crippen LogP contribution in [-0.4, -0.2) is 17.0 Å². The SMILES string of the molecule is O=C(CC1CCC1)Nc1ccc(C(=O)O)cc1F. The molecule has 0 bridgehead atoms. The molecule has 2 rings (SSSR count). The number of amides is 1. The fourth-order valence-corrected chi connectivity index (χ4v) is 1.91. The summed E-state index contributed by atoms with van der Waals surface area (Å²) in [5, 5.41) is 11.2. The van der Waals surface area contributed by atoms with E-state index in [-0.39, 0.29) is 17.2 Å². The van der Waals surface area contributed by atoms with Gasteiger partial charge in [0.1, 0.15) is 5.82 Å². The Hall–Kier alpha value is -1.91. The van der Waals surface area contributed by atoms with Gasteiger partial charge in [0.2, 0.25) is 5.91 Å². The molecule has 0 aromatic heterocycles. The first-order valence-electron chi connectivity index (χ1n) is 5.89. The lowest BCUT2D eigenvalue weighted by Gasteiger charge is -2.24. The average Bonchev–Trinajstić information content (AvgIpc) is 2.26. The highest BCUT2D eigenvalue weighted by molar-refractivity contribution is 5.92. The van der Waals surface area contributed by atoms with Crippen molar-refractivity contribution < 1.29 is 19.1 Å². The number of anilines is 1. The molecule has 96 valence electrons. The molecule has 0 atom stereocenters. The number of hydrogen-bond acceptors (Lipinski definition) is 2. The van der Waals surface area contributed by atoms with Crippen LogP contribution in [0.3, 0.4) is 0 Å². The predicted octanol–water partition coefficient (Wildman–Crippen LogP) is 2.65. The van der Waals surface area contributed by atoms with Crippen molar-refractivity contribution in [2.45, 2.75) is 25.7 Å². The number of carbonyl (C=O) groups is 2. The van der Waals surface area contributed by atoms with Crippen LogP contribution in [0.1, 0.15) is 36.0 Å². The van der Waals surface area contributed by atoms with Crippen LogP contribution < -0.4 is 5.32 Å². The lowest BCUT2D eigenvalue weighted by molar-refractivity contribution is -0.117. The molecule has 0 unspecified atom stereocenters. The highest BCUT2D eigenvalue weighted by Crippen LogP contribution is 2.29. The van der Waals surface area contributed by atoms with E-state index in [9.17, 15) is 14.0 Å². The fourth-order valence-electron chi connectivity index (χ4n) is 1.91. The second-order valence-electron chi connectivity index (χ2n) is 4.55. The summed E-state index contributed by atoms with van der Waals surface area (Å²) in [5.74, 6) is -1.73. The van der Waals surface area contributed by atoms with Crippen molar-refractivity contribution in [2.24, 2.45) is 5.92 Å². The number of rotatable bonds is 4. The van der Waals surface area contributed by atoms with Crippen LogP contribution in [0, 0.1) is 11.7 Å². The molecule has 1 aliphatic rings. The maximum absolute atomic E-state index is 13.5. The number of halogens is 1. The summed E-state index contributed by atoms with van der Waals surface area (Å²) in [6.07, 6.45) is 3.65. The van der Waals surface area contributed by atoms with Gasteiger partial charge in [0, 0.05) is 6.42 Å². The maximum Gasteiger partial charge on any atom is 0.335 e. The number of carboxylic acids is 1. The molecule has 1 saturated carbocycles. The first-order valence-corrected chi connectivity index (χ1v) is 5.89. The molecule has 18 heavy (non-hydrogen) atoms. The number of nitrogens with one attached hydrogen (secondary N) is 1. The lowest BCUT2D eigenvalue weighted by Crippen LogP contribution is -2.21. The molecule has 1 aromatic rings. The molecule has 1 fully saturated rings. The molecule has 0 saturated heterocycles. The molecule has 1 aromatic carbocycles. The van der Waals surface area contributed by atoms with Gasteiger partial charge in [-0.3, -0.25) is 4.79 Å². The van der Waals surface area contributed by atoms with Gasteiger partial charge in [0.05, 0.1) is 11.3 Å². The van der Waals surface area contributed by atoms with E-state index in [1.54, 1.807) is 0 Å². The predicted molar refractivity (Wildman–Crippen MR) is 63.9 cm³/mol. The third-order valence-electron chi connectivity index (χ3n) is 3.19. The summed E-state index contributed by atoms with van der Waals surface area (Å²) in [4.78, 5) is 22.2. The van der Waals surface area contributed by atoms with E-state index in [1.165, 1.54) is 12.1 Å². The zero-order valence-electron chi connectivity index (χ0n) is 9.78. The minimum absolute atomic E-state index is 0.0318. The molecule has 1 aliphatic carbocycles. The number of benzene rings is 1. The van der Waals surface area contributed by atoms with Gasteiger partial charge < -0.3 is 10.4 Å². The quantitative estimate of drug-likeness (QED) is 0.864. The van der Waals surface area contributed by atoms with E-state index in [0.29, 0.717) is 12.3 Å². The van der Waals surface area contributed by atoms with Gasteiger partial charge in [-0.25, -0.2) is 9.18 Å². The zero-order chi connectivity index (χ0) is 13.1. The van der Waals surface area contributed by atoms with E-state index < -0.39 is 11.8 Å². The molecule has 0 aliphatic heterocycles. The molecule has 0 radical (unpaired) electrons. The lowest BCUT2D eigenvalue weighted by atomic mass is 9.83. The van der Waals surface area contributed by atoms with E-state index in [4.69, 9.17) is 5.11 Å². The normalized spacial score (nSPS) is 14.9. The van der Waals surface area contributed by atoms with Gasteiger partial charge >= 0.3 is 5.97 Å². The minimum Gasteiger partial charge on any atom is -0.478 e. The molecule has 1 amide bonds. The largest absolute Gasteiger partial charge is 0.478 e. The molecule has 0 spiro atoms. The van der Waals surface area contributed by atoms with Gasteiger partial charge in [-0.05, 0) is 37.0 Å². The Morgan fingerprint density at radius 2 is 2.11 bits per heavy atom. The van der Waals surface area contributed by atoms with Crippen molar-refractivity contribution in [3.05, 3.63) is 29.6 Å². The smallest absolute Gasteiger partial charge is 0.335 e. The summed E-state index contributed by atoms with van der Waals surface area (Å²) in [5.41, 5.74) is -0.103. The first-order chi connectivity index (χ1) is 8.56. The Balaban J connectivity index is 2.00. The van der Waals surface area contributed by atoms with Crippen LogP contribution in [0.4, 0.5) is 10.1 Å². The summed E-state index contributed by atoms with van der Waals surface area (Å²) in [6, 6.07) is 3.45. The third-order valence-corrected chi connectivity index (χ3v) is 3.19. The molecular formula is C13H14FNO3. The topological polar surface area (TPSA) is 66.4 Å². The fraction of sp³-hybridized carbons (Fsp3) is 0.385. The van der Waals surface area contributed by atoms with Crippen LogP contribution in [0.25, 0.3) is 0 Å². The van der Waals surface area contributed by atoms with Crippen LogP contribution >= 0.6 is 0 Å². The molecule has 0 heterocycles. The van der Waals surface area contributed by atoms with Gasteiger partial charge in [-0.2, -0.15) is 0 Å². The Labute approximate surface area is 104 Å². The van der Waals surface area contributed by atoms with Crippen LogP contribution in [0.15, 0.2) is 18.2 Å². The van der Waals surface area contributed by atoms with Crippen molar-refractivity contribution in [1.82, 2.24) is 0 Å². The monoisotopic (exact) mass is 251 g/mol. The maximum atomic E-state index is 13.5.